The number of carboxylic acid groups (broad SMARTS) is 2. The monoisotopic (exact) mass is 713 g/mol. The topological polar surface area (TPSA) is 277 Å². The van der Waals surface area contributed by atoms with Gasteiger partial charge in [0.15, 0.2) is 0 Å². The van der Waals surface area contributed by atoms with Gasteiger partial charge in [-0.15, -0.1) is 4.98 Å². The Bertz CT molecular complexity index is 1780. The third-order valence-corrected chi connectivity index (χ3v) is 10.0. The van der Waals surface area contributed by atoms with E-state index in [1.165, 1.54) is 55.9 Å². The number of pyridine rings is 1. The highest BCUT2D eigenvalue weighted by Gasteiger charge is 2.25. The smallest absolute Gasteiger partial charge is 0.328 e. The van der Waals surface area contributed by atoms with Gasteiger partial charge in [0.2, 0.25) is 5.96 Å². The van der Waals surface area contributed by atoms with E-state index >= 15 is 0 Å². The van der Waals surface area contributed by atoms with Crippen LogP contribution in [0.4, 0.5) is 10.9 Å². The molecule has 0 spiro atoms. The van der Waals surface area contributed by atoms with Crippen molar-refractivity contribution in [3.8, 4) is 0 Å². The number of hydrogen-bond donors (Lipinski definition) is 6. The molecule has 2 heterocycles. The molecule has 0 amide bonds. The quantitative estimate of drug-likeness (QED) is 0.0463. The minimum absolute atomic E-state index is 0.0265. The molecule has 3 rings (SSSR count). The number of aliphatic imine (C=N–C) groups is 1. The van der Waals surface area contributed by atoms with Gasteiger partial charge in [-0.1, -0.05) is 23.5 Å². The first-order chi connectivity index (χ1) is 21.6. The Labute approximate surface area is 273 Å². The summed E-state index contributed by atoms with van der Waals surface area (Å²) in [5.41, 5.74) is 11.7. The number of nitrogens with two attached hydrogens (primary N) is 2. The molecule has 0 aliphatic rings. The number of aliphatic carboxylic acids is 2. The second-order valence-electron chi connectivity index (χ2n) is 8.51. The Morgan fingerprint density at radius 3 is 2.46 bits per heavy atom. The summed E-state index contributed by atoms with van der Waals surface area (Å²) >= 11 is 2.97. The summed E-state index contributed by atoms with van der Waals surface area (Å²) in [6, 6.07) is 9.93. The van der Waals surface area contributed by atoms with Crippen molar-refractivity contribution < 1.29 is 41.6 Å². The molecule has 8 N–H and O–H groups in total. The number of carboxylic acids is 2. The van der Waals surface area contributed by atoms with Crippen LogP contribution in [0.15, 0.2) is 81.0 Å². The van der Waals surface area contributed by atoms with Crippen molar-refractivity contribution in [3.63, 3.8) is 0 Å². The van der Waals surface area contributed by atoms with Crippen LogP contribution in [0.2, 0.25) is 0 Å². The Morgan fingerprint density at radius 2 is 1.87 bits per heavy atom. The van der Waals surface area contributed by atoms with Crippen LogP contribution in [0, 0.1) is 0 Å². The number of rotatable bonds is 13. The second-order valence-corrected chi connectivity index (χ2v) is 14.1. The van der Waals surface area contributed by atoms with Gasteiger partial charge in [0.1, 0.15) is 11.5 Å². The van der Waals surface area contributed by atoms with Gasteiger partial charge >= 0.3 is 11.9 Å². The molecule has 17 nitrogen and oxygen atoms in total. The molecule has 0 bridgehead atoms. The summed E-state index contributed by atoms with van der Waals surface area (Å²) in [4.78, 5) is 33.6. The van der Waals surface area contributed by atoms with E-state index in [0.717, 1.165) is 16.1 Å². The molecule has 2 aromatic heterocycles. The number of thioether (sulfide) groups is 1. The zero-order chi connectivity index (χ0) is 34.3. The molecule has 0 aliphatic heterocycles. The van der Waals surface area contributed by atoms with Crippen molar-refractivity contribution in [2.75, 3.05) is 30.7 Å². The summed E-state index contributed by atoms with van der Waals surface area (Å²) in [5.74, 6) is -1.23. The fourth-order valence-corrected chi connectivity index (χ4v) is 7.01. The van der Waals surface area contributed by atoms with E-state index in [2.05, 4.69) is 30.0 Å². The average molecular weight is 714 g/mol. The van der Waals surface area contributed by atoms with E-state index in [-0.39, 0.29) is 27.5 Å². The molecule has 0 radical (unpaired) electrons. The maximum absolute atomic E-state index is 13.1. The fraction of sp³-hybridized carbons (Fsp3) is 0.200. The molecule has 0 aliphatic carbocycles. The van der Waals surface area contributed by atoms with Crippen LogP contribution < -0.4 is 35.9 Å². The largest absolute Gasteiger partial charge is 0.545 e. The zero-order valence-corrected chi connectivity index (χ0v) is 27.6. The number of carbonyl (C=O) groups is 2. The van der Waals surface area contributed by atoms with E-state index in [1.807, 2.05) is 5.38 Å². The van der Waals surface area contributed by atoms with Gasteiger partial charge < -0.3 is 31.8 Å². The SMILES string of the molecule is CN=C(NCCSCc1csc([NH+]=C(N)N)n1)NS(=O)(=O)c1cccc(S(=O)(=O)N(C)c2ccccn2)c1.O=C([O-])/C=C/C(=O)O. The number of aromatic nitrogens is 2. The van der Waals surface area contributed by atoms with E-state index in [9.17, 15) is 31.5 Å². The number of thiazole rings is 1. The van der Waals surface area contributed by atoms with Crippen LogP contribution >= 0.6 is 23.1 Å². The van der Waals surface area contributed by atoms with Crippen LogP contribution in [-0.4, -0.2) is 82.2 Å². The molecule has 46 heavy (non-hydrogen) atoms. The highest BCUT2D eigenvalue weighted by Crippen LogP contribution is 2.22. The van der Waals surface area contributed by atoms with Gasteiger partial charge in [-0.25, -0.2) is 36.3 Å². The fourth-order valence-electron chi connectivity index (χ4n) is 3.08. The number of nitrogens with one attached hydrogen (secondary N) is 3. The number of anilines is 1. The minimum Gasteiger partial charge on any atom is -0.545 e. The van der Waals surface area contributed by atoms with E-state index < -0.39 is 32.0 Å². The van der Waals surface area contributed by atoms with Gasteiger partial charge in [-0.05, 0) is 36.4 Å². The molecule has 0 atom stereocenters. The Kier molecular flexibility index (Phi) is 14.4. The van der Waals surface area contributed by atoms with Crippen molar-refractivity contribution in [3.05, 3.63) is 71.9 Å². The van der Waals surface area contributed by atoms with Gasteiger partial charge in [-0.2, -0.15) is 11.8 Å². The normalized spacial score (nSPS) is 11.7. The highest BCUT2D eigenvalue weighted by atomic mass is 32.2. The first-order valence-corrected chi connectivity index (χ1v) is 17.6. The third kappa shape index (κ3) is 12.3. The molecule has 0 saturated carbocycles. The van der Waals surface area contributed by atoms with Crippen molar-refractivity contribution >= 4 is 78.0 Å². The number of guanidine groups is 2. The van der Waals surface area contributed by atoms with E-state index in [1.54, 1.807) is 23.9 Å². The number of carbonyl (C=O) groups excluding carboxylic acids is 1. The Hall–Kier alpha value is -4.73. The van der Waals surface area contributed by atoms with Gasteiger partial charge in [-0.3, -0.25) is 9.30 Å². The van der Waals surface area contributed by atoms with Crippen LogP contribution in [0.1, 0.15) is 5.69 Å². The molecular weight excluding hydrogens is 683 g/mol. The molecule has 248 valence electrons. The van der Waals surface area contributed by atoms with Crippen molar-refractivity contribution in [1.29, 1.82) is 0 Å². The standard InChI is InChI=1S/C21H27N9O4S4.C4H4O4/c1-24-20(26-10-11-35-13-15-14-36-21(27-15)28-19(22)23)29-37(31,32)16-6-5-7-17(12-16)38(33,34)30(2)18-8-3-4-9-25-18;5-3(6)1-2-4(7)8/h3-9,12,14H,10-11,13H2,1-2H3,(H2,24,26,29)(H4,22,23,27,28);1-2H,(H,5,6)(H,7,8)/b;2-1+. The average Bonchev–Trinajstić information content (AvgIpc) is 3.45. The van der Waals surface area contributed by atoms with Crippen molar-refractivity contribution in [2.45, 2.75) is 15.5 Å². The lowest BCUT2D eigenvalue weighted by atomic mass is 10.4. The van der Waals surface area contributed by atoms with Gasteiger partial charge in [0, 0.05) is 49.8 Å². The molecule has 3 aromatic rings. The first-order valence-electron chi connectivity index (χ1n) is 12.7. The lowest BCUT2D eigenvalue weighted by Crippen LogP contribution is -2.72. The summed E-state index contributed by atoms with van der Waals surface area (Å²) < 4.78 is 55.4. The number of sulfonamides is 2. The summed E-state index contributed by atoms with van der Waals surface area (Å²) in [5, 5.41) is 22.7. The molecule has 0 unspecified atom stereocenters. The molecular formula is C25H31N9O8S4. The molecule has 0 saturated heterocycles. The Morgan fingerprint density at radius 1 is 1.15 bits per heavy atom. The maximum atomic E-state index is 13.1. The van der Waals surface area contributed by atoms with Crippen LogP contribution in [-0.2, 0) is 35.4 Å². The predicted molar refractivity (Wildman–Crippen MR) is 172 cm³/mol. The molecule has 21 heteroatoms. The van der Waals surface area contributed by atoms with Gasteiger partial charge in [0.25, 0.3) is 25.2 Å². The first kappa shape index (κ1) is 37.5. The second kappa shape index (κ2) is 17.7. The molecule has 1 aromatic carbocycles. The highest BCUT2D eigenvalue weighted by molar-refractivity contribution is 7.98. The van der Waals surface area contributed by atoms with E-state index in [0.29, 0.717) is 35.3 Å². The summed E-state index contributed by atoms with van der Waals surface area (Å²) in [7, 11) is -5.39. The van der Waals surface area contributed by atoms with Gasteiger partial charge in [0.05, 0.1) is 15.8 Å². The summed E-state index contributed by atoms with van der Waals surface area (Å²) in [6.45, 7) is 0.419. The van der Waals surface area contributed by atoms with Crippen LogP contribution in [0.5, 0.6) is 0 Å². The minimum atomic E-state index is -4.12. The number of hydrogen-bond acceptors (Lipinski definition) is 12. The molecule has 0 fully saturated rings. The maximum Gasteiger partial charge on any atom is 0.328 e. The zero-order valence-electron chi connectivity index (χ0n) is 24.4. The van der Waals surface area contributed by atoms with Crippen molar-refractivity contribution in [2.24, 2.45) is 16.5 Å². The lowest BCUT2D eigenvalue weighted by molar-refractivity contribution is -0.355. The van der Waals surface area contributed by atoms with Crippen molar-refractivity contribution in [1.82, 2.24) is 20.0 Å². The lowest BCUT2D eigenvalue weighted by Gasteiger charge is -2.19. The number of nitrogens with zero attached hydrogens (tertiary/aromatic N) is 4. The predicted octanol–water partition coefficient (Wildman–Crippen LogP) is -2.49. The van der Waals surface area contributed by atoms with E-state index in [4.69, 9.17) is 16.6 Å². The Balaban J connectivity index is 0.000000812. The summed E-state index contributed by atoms with van der Waals surface area (Å²) in [6.07, 6.45) is 2.41. The van der Waals surface area contributed by atoms with Crippen LogP contribution in [0.25, 0.3) is 0 Å². The third-order valence-electron chi connectivity index (χ3n) is 5.15. The number of benzene rings is 1. The van der Waals surface area contributed by atoms with Crippen LogP contribution in [0.3, 0.4) is 0 Å².